The molecule has 0 bridgehead atoms. The largest absolute Gasteiger partial charge is 0.345 e. The van der Waals surface area contributed by atoms with Crippen molar-refractivity contribution < 1.29 is 4.79 Å². The summed E-state index contributed by atoms with van der Waals surface area (Å²) < 4.78 is 0.992. The van der Waals surface area contributed by atoms with E-state index in [1.165, 1.54) is 0 Å². The number of hydrogen-bond acceptors (Lipinski definition) is 3. The van der Waals surface area contributed by atoms with E-state index in [2.05, 4.69) is 32.9 Å². The molecule has 116 valence electrons. The number of nitrogens with one attached hydrogen (secondary N) is 1. The number of aryl methyl sites for hydroxylation is 1. The molecule has 0 aliphatic rings. The number of rotatable bonds is 4. The molecule has 1 N–H and O–H groups in total. The van der Waals surface area contributed by atoms with E-state index in [-0.39, 0.29) is 5.91 Å². The van der Waals surface area contributed by atoms with Crippen LogP contribution in [0.4, 0.5) is 0 Å². The quantitative estimate of drug-likeness (QED) is 0.608. The maximum absolute atomic E-state index is 12.3. The second-order valence-electron chi connectivity index (χ2n) is 5.11. The van der Waals surface area contributed by atoms with E-state index in [1.807, 2.05) is 60.8 Å². The lowest BCUT2D eigenvalue weighted by Crippen LogP contribution is -2.23. The van der Waals surface area contributed by atoms with Crippen molar-refractivity contribution in [3.05, 3.63) is 73.6 Å². The predicted octanol–water partition coefficient (Wildman–Crippen LogP) is 4.65. The van der Waals surface area contributed by atoms with Crippen LogP contribution in [0.15, 0.2) is 53.9 Å². The number of benzene rings is 2. The minimum Gasteiger partial charge on any atom is -0.345 e. The van der Waals surface area contributed by atoms with Gasteiger partial charge in [-0.15, -0.1) is 11.3 Å². The van der Waals surface area contributed by atoms with Gasteiger partial charge in [-0.1, -0.05) is 42.5 Å². The lowest BCUT2D eigenvalue weighted by Gasteiger charge is -2.07. The van der Waals surface area contributed by atoms with E-state index in [9.17, 15) is 4.79 Å². The van der Waals surface area contributed by atoms with Gasteiger partial charge in [-0.05, 0) is 41.1 Å². The van der Waals surface area contributed by atoms with Gasteiger partial charge in [0.1, 0.15) is 5.01 Å². The molecular weight excluding hydrogens is 419 g/mol. The summed E-state index contributed by atoms with van der Waals surface area (Å²) in [6, 6.07) is 15.8. The summed E-state index contributed by atoms with van der Waals surface area (Å²) in [5.41, 5.74) is 3.86. The number of thiazole rings is 1. The SMILES string of the molecule is Cc1cccc(C(=O)NCc2nc(-c3ccccc3)cs2)c1I. The molecule has 0 saturated carbocycles. The molecule has 23 heavy (non-hydrogen) atoms. The topological polar surface area (TPSA) is 42.0 Å². The smallest absolute Gasteiger partial charge is 0.252 e. The zero-order valence-electron chi connectivity index (χ0n) is 12.5. The molecule has 1 aromatic heterocycles. The van der Waals surface area contributed by atoms with Gasteiger partial charge >= 0.3 is 0 Å². The molecule has 0 spiro atoms. The molecule has 1 heterocycles. The lowest BCUT2D eigenvalue weighted by atomic mass is 10.1. The second-order valence-corrected chi connectivity index (χ2v) is 7.13. The third-order valence-electron chi connectivity index (χ3n) is 3.46. The third kappa shape index (κ3) is 3.79. The molecule has 0 aliphatic heterocycles. The summed E-state index contributed by atoms with van der Waals surface area (Å²) in [5.74, 6) is -0.0606. The molecule has 0 aliphatic carbocycles. The third-order valence-corrected chi connectivity index (χ3v) is 5.74. The Kier molecular flexibility index (Phi) is 5.07. The molecule has 0 saturated heterocycles. The van der Waals surface area contributed by atoms with E-state index in [4.69, 9.17) is 0 Å². The number of nitrogens with zero attached hydrogens (tertiary/aromatic N) is 1. The van der Waals surface area contributed by atoms with Crippen molar-refractivity contribution in [2.75, 3.05) is 0 Å². The van der Waals surface area contributed by atoms with Gasteiger partial charge in [0.25, 0.3) is 5.91 Å². The first-order valence-corrected chi connectivity index (χ1v) is 9.14. The summed E-state index contributed by atoms with van der Waals surface area (Å²) in [6.07, 6.45) is 0. The molecule has 0 atom stereocenters. The molecule has 0 unspecified atom stereocenters. The van der Waals surface area contributed by atoms with Crippen LogP contribution in [0.25, 0.3) is 11.3 Å². The molecule has 5 heteroatoms. The fourth-order valence-corrected chi connectivity index (χ4v) is 3.56. The van der Waals surface area contributed by atoms with Crippen molar-refractivity contribution in [3.8, 4) is 11.3 Å². The molecule has 0 fully saturated rings. The molecule has 3 aromatic rings. The number of halogens is 1. The lowest BCUT2D eigenvalue weighted by molar-refractivity contribution is 0.0950. The minimum atomic E-state index is -0.0606. The molecule has 3 nitrogen and oxygen atoms in total. The number of aromatic nitrogens is 1. The highest BCUT2D eigenvalue weighted by atomic mass is 127. The Morgan fingerprint density at radius 1 is 1.17 bits per heavy atom. The van der Waals surface area contributed by atoms with Gasteiger partial charge in [0.15, 0.2) is 0 Å². The Morgan fingerprint density at radius 2 is 1.96 bits per heavy atom. The summed E-state index contributed by atoms with van der Waals surface area (Å²) in [7, 11) is 0. The zero-order chi connectivity index (χ0) is 16.2. The molecule has 0 radical (unpaired) electrons. The highest BCUT2D eigenvalue weighted by molar-refractivity contribution is 14.1. The average molecular weight is 434 g/mol. The predicted molar refractivity (Wildman–Crippen MR) is 103 cm³/mol. The summed E-state index contributed by atoms with van der Waals surface area (Å²) in [4.78, 5) is 16.9. The van der Waals surface area contributed by atoms with Crippen molar-refractivity contribution >= 4 is 39.8 Å². The number of carbonyl (C=O) groups excluding carboxylic acids is 1. The zero-order valence-corrected chi connectivity index (χ0v) is 15.5. The van der Waals surface area contributed by atoms with Crippen LogP contribution in [-0.2, 0) is 6.54 Å². The summed E-state index contributed by atoms with van der Waals surface area (Å²) >= 11 is 3.77. The van der Waals surface area contributed by atoms with Gasteiger partial charge in [0, 0.05) is 14.5 Å². The molecular formula is C18H15IN2OS. The van der Waals surface area contributed by atoms with Crippen LogP contribution in [0.2, 0.25) is 0 Å². The van der Waals surface area contributed by atoms with Crippen molar-refractivity contribution in [1.29, 1.82) is 0 Å². The van der Waals surface area contributed by atoms with E-state index < -0.39 is 0 Å². The monoisotopic (exact) mass is 434 g/mol. The fourth-order valence-electron chi connectivity index (χ4n) is 2.21. The van der Waals surface area contributed by atoms with Crippen molar-refractivity contribution in [2.24, 2.45) is 0 Å². The highest BCUT2D eigenvalue weighted by Crippen LogP contribution is 2.22. The Morgan fingerprint density at radius 3 is 2.74 bits per heavy atom. The van der Waals surface area contributed by atoms with Gasteiger partial charge in [-0.3, -0.25) is 4.79 Å². The van der Waals surface area contributed by atoms with Crippen LogP contribution in [0.3, 0.4) is 0 Å². The maximum Gasteiger partial charge on any atom is 0.252 e. The first kappa shape index (κ1) is 16.1. The Bertz CT molecular complexity index is 830. The van der Waals surface area contributed by atoms with Crippen LogP contribution >= 0.6 is 33.9 Å². The van der Waals surface area contributed by atoms with E-state index in [0.717, 1.165) is 25.4 Å². The van der Waals surface area contributed by atoms with E-state index >= 15 is 0 Å². The normalized spacial score (nSPS) is 10.5. The number of amides is 1. The maximum atomic E-state index is 12.3. The fraction of sp³-hybridized carbons (Fsp3) is 0.111. The van der Waals surface area contributed by atoms with E-state index in [1.54, 1.807) is 11.3 Å². The van der Waals surface area contributed by atoms with Crippen molar-refractivity contribution in [2.45, 2.75) is 13.5 Å². The van der Waals surface area contributed by atoms with Crippen LogP contribution in [0.1, 0.15) is 20.9 Å². The minimum absolute atomic E-state index is 0.0606. The first-order valence-electron chi connectivity index (χ1n) is 7.18. The van der Waals surface area contributed by atoms with Gasteiger partial charge in [-0.25, -0.2) is 4.98 Å². The van der Waals surface area contributed by atoms with Crippen LogP contribution in [0, 0.1) is 10.5 Å². The van der Waals surface area contributed by atoms with Gasteiger partial charge < -0.3 is 5.32 Å². The molecule has 2 aromatic carbocycles. The second kappa shape index (κ2) is 7.23. The number of carbonyl (C=O) groups is 1. The highest BCUT2D eigenvalue weighted by Gasteiger charge is 2.12. The van der Waals surface area contributed by atoms with Gasteiger partial charge in [0.2, 0.25) is 0 Å². The first-order chi connectivity index (χ1) is 11.1. The Balaban J connectivity index is 1.68. The number of hydrogen-bond donors (Lipinski definition) is 1. The standard InChI is InChI=1S/C18H15IN2OS/c1-12-6-5-9-14(17(12)19)18(22)20-10-16-21-15(11-23-16)13-7-3-2-4-8-13/h2-9,11H,10H2,1H3,(H,20,22). The average Bonchev–Trinajstić information content (AvgIpc) is 3.05. The Labute approximate surface area is 152 Å². The van der Waals surface area contributed by atoms with Gasteiger partial charge in [-0.2, -0.15) is 0 Å². The summed E-state index contributed by atoms with van der Waals surface area (Å²) in [5, 5.41) is 5.88. The van der Waals surface area contributed by atoms with Crippen LogP contribution in [-0.4, -0.2) is 10.9 Å². The van der Waals surface area contributed by atoms with Crippen molar-refractivity contribution in [1.82, 2.24) is 10.3 Å². The van der Waals surface area contributed by atoms with Crippen LogP contribution < -0.4 is 5.32 Å². The van der Waals surface area contributed by atoms with E-state index in [0.29, 0.717) is 12.1 Å². The van der Waals surface area contributed by atoms with Crippen molar-refractivity contribution in [3.63, 3.8) is 0 Å². The molecule has 1 amide bonds. The van der Waals surface area contributed by atoms with Gasteiger partial charge in [0.05, 0.1) is 17.8 Å². The molecule has 3 rings (SSSR count). The Hall–Kier alpha value is -1.73. The summed E-state index contributed by atoms with van der Waals surface area (Å²) in [6.45, 7) is 2.45. The van der Waals surface area contributed by atoms with Crippen LogP contribution in [0.5, 0.6) is 0 Å².